The summed E-state index contributed by atoms with van der Waals surface area (Å²) in [5.74, 6) is 0.859. The maximum atomic E-state index is 6.11. The van der Waals surface area contributed by atoms with Crippen LogP contribution in [-0.4, -0.2) is 27.6 Å². The van der Waals surface area contributed by atoms with E-state index in [1.54, 1.807) is 0 Å². The number of nitrogen functional groups attached to an aromatic ring is 1. The van der Waals surface area contributed by atoms with E-state index in [1.165, 1.54) is 29.6 Å². The van der Waals surface area contributed by atoms with Gasteiger partial charge in [0, 0.05) is 0 Å². The van der Waals surface area contributed by atoms with Crippen LogP contribution in [0.2, 0.25) is 0 Å². The van der Waals surface area contributed by atoms with Gasteiger partial charge in [0.2, 0.25) is 0 Å². The second-order valence-electron chi connectivity index (χ2n) is 4.36. The van der Waals surface area contributed by atoms with Crippen LogP contribution in [0.4, 0.5) is 11.5 Å². The van der Waals surface area contributed by atoms with E-state index in [2.05, 4.69) is 44.9 Å². The molecule has 0 amide bonds. The summed E-state index contributed by atoms with van der Waals surface area (Å²) in [6.45, 7) is 3.27. The number of hydrogen-bond donors (Lipinski definition) is 1. The molecule has 1 saturated heterocycles. The van der Waals surface area contributed by atoms with Crippen molar-refractivity contribution in [1.29, 1.82) is 0 Å². The van der Waals surface area contributed by atoms with E-state index in [0.717, 1.165) is 12.4 Å². The van der Waals surface area contributed by atoms with Crippen molar-refractivity contribution in [2.75, 3.05) is 23.7 Å². The van der Waals surface area contributed by atoms with E-state index in [0.29, 0.717) is 14.5 Å². The fourth-order valence-corrected chi connectivity index (χ4v) is 3.49. The van der Waals surface area contributed by atoms with Crippen LogP contribution < -0.4 is 15.2 Å². The van der Waals surface area contributed by atoms with Crippen LogP contribution in [-0.2, 0) is 6.54 Å². The number of aromatic nitrogens is 1. The Morgan fingerprint density at radius 1 is 1.35 bits per heavy atom. The van der Waals surface area contributed by atoms with Gasteiger partial charge in [0.1, 0.15) is 0 Å². The molecule has 17 heavy (non-hydrogen) atoms. The van der Waals surface area contributed by atoms with E-state index in [4.69, 9.17) is 5.73 Å². The molecule has 0 aromatic carbocycles. The minimum atomic E-state index is 0.523. The van der Waals surface area contributed by atoms with Gasteiger partial charge in [0.15, 0.2) is 0 Å². The molecule has 3 rings (SSSR count). The molecule has 1 aliphatic heterocycles. The molecule has 0 unspecified atom stereocenters. The van der Waals surface area contributed by atoms with E-state index in [9.17, 15) is 0 Å². The topological polar surface area (TPSA) is 33.1 Å². The molecule has 1 fully saturated rings. The van der Waals surface area contributed by atoms with Crippen molar-refractivity contribution in [2.45, 2.75) is 13.0 Å². The number of anilines is 2. The van der Waals surface area contributed by atoms with Gasteiger partial charge < -0.3 is 0 Å². The van der Waals surface area contributed by atoms with Crippen molar-refractivity contribution < 1.29 is 4.57 Å². The van der Waals surface area contributed by atoms with E-state index in [-0.39, 0.29) is 0 Å². The molecule has 1 aliphatic rings. The molecule has 0 bridgehead atoms. The van der Waals surface area contributed by atoms with Gasteiger partial charge in [0.25, 0.3) is 0 Å². The molecular formula is C13H16N3Se+. The van der Waals surface area contributed by atoms with Crippen LogP contribution >= 0.6 is 0 Å². The van der Waals surface area contributed by atoms with Crippen LogP contribution in [0, 0.1) is 0 Å². The summed E-state index contributed by atoms with van der Waals surface area (Å²) in [7, 11) is 0. The van der Waals surface area contributed by atoms with Gasteiger partial charge in [-0.25, -0.2) is 0 Å². The van der Waals surface area contributed by atoms with E-state index < -0.39 is 0 Å². The zero-order valence-corrected chi connectivity index (χ0v) is 11.4. The zero-order chi connectivity index (χ0) is 11.7. The quantitative estimate of drug-likeness (QED) is 0.673. The van der Waals surface area contributed by atoms with Crippen LogP contribution in [0.5, 0.6) is 0 Å². The summed E-state index contributed by atoms with van der Waals surface area (Å²) in [6.07, 6.45) is 3.41. The van der Waals surface area contributed by atoms with Gasteiger partial charge in [-0.05, 0) is 0 Å². The zero-order valence-electron chi connectivity index (χ0n) is 9.67. The molecular weight excluding hydrogens is 277 g/mol. The molecule has 4 heteroatoms. The second-order valence-corrected chi connectivity index (χ2v) is 6.52. The molecule has 0 saturated carbocycles. The Hall–Kier alpha value is -1.25. The van der Waals surface area contributed by atoms with Crippen LogP contribution in [0.25, 0.3) is 0 Å². The Kier molecular flexibility index (Phi) is 2.91. The monoisotopic (exact) mass is 294 g/mol. The molecule has 0 spiro atoms. The number of pyridine rings is 1. The van der Waals surface area contributed by atoms with Crippen LogP contribution in [0.3, 0.4) is 0 Å². The molecule has 0 aliphatic carbocycles. The molecule has 88 valence electrons. The first-order valence-corrected chi connectivity index (χ1v) is 7.74. The fourth-order valence-electron chi connectivity index (χ4n) is 2.02. The Labute approximate surface area is 107 Å². The third kappa shape index (κ3) is 2.24. The van der Waals surface area contributed by atoms with Crippen molar-refractivity contribution in [3.05, 3.63) is 39.8 Å². The first-order chi connectivity index (χ1) is 8.33. The normalized spacial score (nSPS) is 14.7. The summed E-state index contributed by atoms with van der Waals surface area (Å²) in [6, 6.07) is 8.61. The molecule has 0 atom stereocenters. The SMILES string of the molecule is Nc1cc(N2CCC2)cc[n+]1Cc1ccc[se]1. The summed E-state index contributed by atoms with van der Waals surface area (Å²) in [4.78, 5) is 4.61. The Bertz CT molecular complexity index is 503. The number of rotatable bonds is 3. The predicted octanol–water partition coefficient (Wildman–Crippen LogP) is 0.872. The maximum absolute atomic E-state index is 6.11. The van der Waals surface area contributed by atoms with Gasteiger partial charge in [-0.3, -0.25) is 0 Å². The first-order valence-electron chi connectivity index (χ1n) is 5.89. The average Bonchev–Trinajstić information content (AvgIpc) is 2.72. The van der Waals surface area contributed by atoms with E-state index >= 15 is 0 Å². The number of hydrogen-bond acceptors (Lipinski definition) is 2. The fraction of sp³-hybridized carbons (Fsp3) is 0.308. The Balaban J connectivity index is 1.81. The first kappa shape index (κ1) is 10.9. The second kappa shape index (κ2) is 4.55. The summed E-state index contributed by atoms with van der Waals surface area (Å²) < 4.78 is 3.61. The van der Waals surface area contributed by atoms with Crippen molar-refractivity contribution in [1.82, 2.24) is 0 Å². The third-order valence-corrected chi connectivity index (χ3v) is 4.99. The predicted molar refractivity (Wildman–Crippen MR) is 70.4 cm³/mol. The average molecular weight is 293 g/mol. The number of nitrogens with two attached hydrogens (primary N) is 1. The van der Waals surface area contributed by atoms with Crippen LogP contribution in [0.15, 0.2) is 35.4 Å². The minimum absolute atomic E-state index is 0.523. The summed E-state index contributed by atoms with van der Waals surface area (Å²) in [5.41, 5.74) is 7.37. The van der Waals surface area contributed by atoms with Gasteiger partial charge in [-0.15, -0.1) is 0 Å². The summed E-state index contributed by atoms with van der Waals surface area (Å²) >= 11 is 0.523. The van der Waals surface area contributed by atoms with Crippen molar-refractivity contribution in [3.63, 3.8) is 0 Å². The van der Waals surface area contributed by atoms with Crippen molar-refractivity contribution in [3.8, 4) is 0 Å². The molecule has 2 aromatic rings. The van der Waals surface area contributed by atoms with E-state index in [1.807, 2.05) is 0 Å². The molecule has 3 heterocycles. The molecule has 3 nitrogen and oxygen atoms in total. The number of nitrogens with zero attached hydrogens (tertiary/aromatic N) is 2. The van der Waals surface area contributed by atoms with Crippen molar-refractivity contribution in [2.24, 2.45) is 0 Å². The van der Waals surface area contributed by atoms with Gasteiger partial charge >= 0.3 is 107 Å². The van der Waals surface area contributed by atoms with Gasteiger partial charge in [0.05, 0.1) is 0 Å². The Morgan fingerprint density at radius 2 is 2.24 bits per heavy atom. The van der Waals surface area contributed by atoms with Crippen LogP contribution in [0.1, 0.15) is 10.9 Å². The molecule has 2 aromatic heterocycles. The third-order valence-electron chi connectivity index (χ3n) is 3.18. The molecule has 2 N–H and O–H groups in total. The van der Waals surface area contributed by atoms with Gasteiger partial charge in [-0.1, -0.05) is 0 Å². The van der Waals surface area contributed by atoms with Gasteiger partial charge in [-0.2, -0.15) is 0 Å². The Morgan fingerprint density at radius 3 is 2.82 bits per heavy atom. The standard InChI is InChI=1S/C13H15N3Se/c14-13-9-11(15-5-2-6-15)4-7-16(13)10-12-3-1-8-17-12/h1,3-4,7-9,14H,2,5-6,10H2/p+1. The summed E-state index contributed by atoms with van der Waals surface area (Å²) in [5, 5.41) is 0. The van der Waals surface area contributed by atoms with Crippen molar-refractivity contribution >= 4 is 26.0 Å². The molecule has 0 radical (unpaired) electrons.